The summed E-state index contributed by atoms with van der Waals surface area (Å²) in [7, 11) is 3.34. The highest BCUT2D eigenvalue weighted by atomic mass is 16.6. The van der Waals surface area contributed by atoms with Gasteiger partial charge in [0, 0.05) is 32.9 Å². The van der Waals surface area contributed by atoms with Crippen molar-refractivity contribution >= 4 is 28.3 Å². The first-order chi connectivity index (χ1) is 16.0. The van der Waals surface area contributed by atoms with Crippen molar-refractivity contribution in [1.82, 2.24) is 28.6 Å². The standard InChI is InChI=1S/C24H28N6O3/c1-27(2)24(32)33-15-6-5-14-28-19-9-4-3-8-18(19)26-21(28)16-29-22-20(10-7-13-25-22)30(23(29)31)17-11-12-17/h3-4,7-10,13,17H,5-6,11-12,14-16H2,1-2H3. The van der Waals surface area contributed by atoms with Crippen LogP contribution in [0.15, 0.2) is 47.4 Å². The molecule has 9 heteroatoms. The van der Waals surface area contributed by atoms with E-state index in [4.69, 9.17) is 9.72 Å². The maximum atomic E-state index is 13.3. The first-order valence-electron chi connectivity index (χ1n) is 11.4. The Kier molecular flexibility index (Phi) is 5.62. The van der Waals surface area contributed by atoms with Crippen molar-refractivity contribution in [2.24, 2.45) is 0 Å². The van der Waals surface area contributed by atoms with Crippen LogP contribution in [0.1, 0.15) is 37.5 Å². The minimum atomic E-state index is -0.331. The Morgan fingerprint density at radius 2 is 1.88 bits per heavy atom. The van der Waals surface area contributed by atoms with Gasteiger partial charge in [-0.3, -0.25) is 9.13 Å². The molecule has 0 bridgehead atoms. The molecule has 33 heavy (non-hydrogen) atoms. The molecule has 0 radical (unpaired) electrons. The number of unbranched alkanes of at least 4 members (excludes halogenated alkanes) is 1. The lowest BCUT2D eigenvalue weighted by Gasteiger charge is -2.12. The minimum Gasteiger partial charge on any atom is -0.449 e. The molecule has 1 aliphatic carbocycles. The van der Waals surface area contributed by atoms with E-state index in [9.17, 15) is 9.59 Å². The van der Waals surface area contributed by atoms with E-state index in [1.54, 1.807) is 24.9 Å². The summed E-state index contributed by atoms with van der Waals surface area (Å²) in [5.74, 6) is 0.823. The number of nitrogens with zero attached hydrogens (tertiary/aromatic N) is 6. The number of hydrogen-bond acceptors (Lipinski definition) is 5. The monoisotopic (exact) mass is 448 g/mol. The van der Waals surface area contributed by atoms with E-state index in [2.05, 4.69) is 9.55 Å². The minimum absolute atomic E-state index is 0.0274. The number of carbonyl (C=O) groups is 1. The molecule has 4 aromatic rings. The molecule has 0 aliphatic heterocycles. The van der Waals surface area contributed by atoms with Gasteiger partial charge in [0.25, 0.3) is 0 Å². The maximum Gasteiger partial charge on any atom is 0.409 e. The molecule has 1 amide bonds. The van der Waals surface area contributed by atoms with E-state index in [0.717, 1.165) is 54.6 Å². The predicted molar refractivity (Wildman–Crippen MR) is 125 cm³/mol. The lowest BCUT2D eigenvalue weighted by molar-refractivity contribution is 0.116. The molecule has 0 spiro atoms. The van der Waals surface area contributed by atoms with Gasteiger partial charge in [-0.25, -0.2) is 19.6 Å². The Hall–Kier alpha value is -3.62. The van der Waals surface area contributed by atoms with Gasteiger partial charge in [-0.05, 0) is 49.9 Å². The zero-order valence-electron chi connectivity index (χ0n) is 19.0. The van der Waals surface area contributed by atoms with Crippen molar-refractivity contribution in [3.05, 3.63) is 58.9 Å². The van der Waals surface area contributed by atoms with Gasteiger partial charge in [-0.1, -0.05) is 12.1 Å². The molecule has 1 fully saturated rings. The van der Waals surface area contributed by atoms with Crippen molar-refractivity contribution in [2.45, 2.75) is 44.8 Å². The second-order valence-electron chi connectivity index (χ2n) is 8.70. The number of amides is 1. The first-order valence-corrected chi connectivity index (χ1v) is 11.4. The number of para-hydroxylation sites is 2. The summed E-state index contributed by atoms with van der Waals surface area (Å²) in [6.45, 7) is 1.45. The molecular weight excluding hydrogens is 420 g/mol. The fourth-order valence-corrected chi connectivity index (χ4v) is 4.23. The van der Waals surface area contributed by atoms with Gasteiger partial charge in [0.2, 0.25) is 0 Å². The van der Waals surface area contributed by atoms with Gasteiger partial charge >= 0.3 is 11.8 Å². The maximum absolute atomic E-state index is 13.3. The van der Waals surface area contributed by atoms with Gasteiger partial charge < -0.3 is 14.2 Å². The number of carbonyl (C=O) groups excluding carboxylic acids is 1. The van der Waals surface area contributed by atoms with Gasteiger partial charge in [-0.2, -0.15) is 0 Å². The van der Waals surface area contributed by atoms with E-state index >= 15 is 0 Å². The molecule has 172 valence electrons. The summed E-state index contributed by atoms with van der Waals surface area (Å²) in [6.07, 6.45) is 5.03. The number of rotatable bonds is 8. The third-order valence-electron chi connectivity index (χ3n) is 6.03. The highest BCUT2D eigenvalue weighted by Crippen LogP contribution is 2.35. The Labute approximate surface area is 191 Å². The third kappa shape index (κ3) is 4.10. The number of hydrogen-bond donors (Lipinski definition) is 0. The van der Waals surface area contributed by atoms with Crippen molar-refractivity contribution in [1.29, 1.82) is 0 Å². The third-order valence-corrected chi connectivity index (χ3v) is 6.03. The fraction of sp³-hybridized carbons (Fsp3) is 0.417. The van der Waals surface area contributed by atoms with E-state index in [-0.39, 0.29) is 17.8 Å². The highest BCUT2D eigenvalue weighted by molar-refractivity contribution is 5.76. The van der Waals surface area contributed by atoms with E-state index in [1.807, 2.05) is 41.0 Å². The molecule has 0 N–H and O–H groups in total. The quantitative estimate of drug-likeness (QED) is 0.386. The Morgan fingerprint density at radius 1 is 1.09 bits per heavy atom. The normalized spacial score (nSPS) is 13.6. The molecule has 3 heterocycles. The second kappa shape index (κ2) is 8.73. The predicted octanol–water partition coefficient (Wildman–Crippen LogP) is 3.41. The molecule has 0 saturated heterocycles. The van der Waals surface area contributed by atoms with E-state index in [1.165, 1.54) is 4.90 Å². The molecule has 9 nitrogen and oxygen atoms in total. The van der Waals surface area contributed by atoms with Crippen LogP contribution in [-0.4, -0.2) is 55.4 Å². The zero-order valence-corrected chi connectivity index (χ0v) is 19.0. The van der Waals surface area contributed by atoms with Gasteiger partial charge in [0.1, 0.15) is 5.82 Å². The van der Waals surface area contributed by atoms with Crippen LogP contribution in [0.3, 0.4) is 0 Å². The number of aryl methyl sites for hydroxylation is 1. The largest absolute Gasteiger partial charge is 0.449 e. The number of fused-ring (bicyclic) bond motifs is 2. The van der Waals surface area contributed by atoms with Crippen LogP contribution >= 0.6 is 0 Å². The smallest absolute Gasteiger partial charge is 0.409 e. The van der Waals surface area contributed by atoms with Crippen LogP contribution in [-0.2, 0) is 17.8 Å². The first kappa shape index (κ1) is 21.2. The van der Waals surface area contributed by atoms with Gasteiger partial charge in [-0.15, -0.1) is 0 Å². The van der Waals surface area contributed by atoms with E-state index in [0.29, 0.717) is 18.8 Å². The van der Waals surface area contributed by atoms with Crippen molar-refractivity contribution in [3.8, 4) is 0 Å². The number of benzene rings is 1. The molecule has 0 atom stereocenters. The molecule has 1 aromatic carbocycles. The SMILES string of the molecule is CN(C)C(=O)OCCCCn1c(Cn2c(=O)n(C3CC3)c3cccnc32)nc2ccccc21. The molecule has 3 aromatic heterocycles. The second-order valence-corrected chi connectivity index (χ2v) is 8.70. The lowest BCUT2D eigenvalue weighted by atomic mass is 10.3. The Morgan fingerprint density at radius 3 is 2.67 bits per heavy atom. The Bertz CT molecular complexity index is 1360. The summed E-state index contributed by atoms with van der Waals surface area (Å²) in [4.78, 5) is 35.7. The van der Waals surface area contributed by atoms with Crippen LogP contribution in [0.25, 0.3) is 22.2 Å². The zero-order chi connectivity index (χ0) is 22.9. The Balaban J connectivity index is 1.42. The summed E-state index contributed by atoms with van der Waals surface area (Å²) < 4.78 is 11.0. The van der Waals surface area contributed by atoms with Crippen molar-refractivity contribution < 1.29 is 9.53 Å². The molecule has 1 aliphatic rings. The van der Waals surface area contributed by atoms with E-state index < -0.39 is 0 Å². The van der Waals surface area contributed by atoms with Crippen LogP contribution in [0.5, 0.6) is 0 Å². The molecule has 0 unspecified atom stereocenters. The van der Waals surface area contributed by atoms with Crippen LogP contribution < -0.4 is 5.69 Å². The number of ether oxygens (including phenoxy) is 1. The average molecular weight is 449 g/mol. The fourth-order valence-electron chi connectivity index (χ4n) is 4.23. The van der Waals surface area contributed by atoms with Crippen LogP contribution in [0, 0.1) is 0 Å². The van der Waals surface area contributed by atoms with Crippen molar-refractivity contribution in [2.75, 3.05) is 20.7 Å². The number of imidazole rings is 2. The highest BCUT2D eigenvalue weighted by Gasteiger charge is 2.29. The summed E-state index contributed by atoms with van der Waals surface area (Å²) in [5.41, 5.74) is 3.49. The van der Waals surface area contributed by atoms with Gasteiger partial charge in [0.05, 0.1) is 29.7 Å². The molecular formula is C24H28N6O3. The van der Waals surface area contributed by atoms with Crippen LogP contribution in [0.4, 0.5) is 4.79 Å². The molecule has 1 saturated carbocycles. The number of pyridine rings is 1. The summed E-state index contributed by atoms with van der Waals surface area (Å²) >= 11 is 0. The summed E-state index contributed by atoms with van der Waals surface area (Å²) in [6, 6.07) is 12.1. The van der Waals surface area contributed by atoms with Crippen molar-refractivity contribution in [3.63, 3.8) is 0 Å². The van der Waals surface area contributed by atoms with Crippen LogP contribution in [0.2, 0.25) is 0 Å². The average Bonchev–Trinajstić information content (AvgIpc) is 3.53. The van der Waals surface area contributed by atoms with Gasteiger partial charge in [0.15, 0.2) is 5.65 Å². The lowest BCUT2D eigenvalue weighted by Crippen LogP contribution is -2.25. The number of aromatic nitrogens is 5. The topological polar surface area (TPSA) is 87.2 Å². The summed E-state index contributed by atoms with van der Waals surface area (Å²) in [5, 5.41) is 0. The molecule has 5 rings (SSSR count).